The van der Waals surface area contributed by atoms with Crippen molar-refractivity contribution in [2.75, 3.05) is 20.2 Å². The first-order valence-electron chi connectivity index (χ1n) is 16.6. The van der Waals surface area contributed by atoms with Gasteiger partial charge in [0.1, 0.15) is 12.3 Å². The molecule has 0 radical (unpaired) electrons. The third-order valence-corrected chi connectivity index (χ3v) is 10.1. The standard InChI is InChI=1S/C38H41N5O5S2/c1-22-7-12-26(13-8-22)42-34(46)30(32(44)39-36(42)49)29(31-33(45)40-37(50)43(35(31)47)27-14-9-23(2)10-15-27)24-11-16-28(48-5)25(19-24)20-41-18-6-17-38(3,4)21-41/h7-16,19,29,46-47H,6,17-18,20-21H2,1-5H3,(H,39,44,49)(H,40,45,50). The Morgan fingerprint density at radius 2 is 1.46 bits per heavy atom. The average Bonchev–Trinajstić information content (AvgIpc) is 3.05. The molecule has 0 bridgehead atoms. The summed E-state index contributed by atoms with van der Waals surface area (Å²) >= 11 is 11.0. The molecule has 10 nitrogen and oxygen atoms in total. The van der Waals surface area contributed by atoms with Crippen LogP contribution in [-0.4, -0.2) is 44.4 Å². The van der Waals surface area contributed by atoms with Gasteiger partial charge in [0, 0.05) is 22.2 Å². The molecule has 2 atom stereocenters. The lowest BCUT2D eigenvalue weighted by Gasteiger charge is -2.35. The zero-order chi connectivity index (χ0) is 35.9. The Morgan fingerprint density at radius 3 is 2.04 bits per heavy atom. The van der Waals surface area contributed by atoms with E-state index < -0.39 is 28.8 Å². The molecule has 50 heavy (non-hydrogen) atoms. The van der Waals surface area contributed by atoms with Gasteiger partial charge >= 0.3 is 0 Å². The number of nitrogens with zero attached hydrogens (tertiary/aromatic N) is 2. The zero-order valence-corrected chi connectivity index (χ0v) is 30.4. The van der Waals surface area contributed by atoms with Crippen LogP contribution >= 0.6 is 24.4 Å². The van der Waals surface area contributed by atoms with Gasteiger partial charge in [-0.25, -0.2) is 0 Å². The Kier molecular flexibility index (Phi) is 9.71. The van der Waals surface area contributed by atoms with Crippen molar-refractivity contribution in [3.63, 3.8) is 0 Å². The number of nitrogens with one attached hydrogen (secondary N) is 3. The monoisotopic (exact) mass is 711 g/mol. The van der Waals surface area contributed by atoms with Crippen LogP contribution < -0.4 is 25.9 Å². The number of benzene rings is 3. The van der Waals surface area contributed by atoms with Crippen molar-refractivity contribution >= 4 is 24.4 Å². The number of rotatable bonds is 8. The molecule has 3 aromatic carbocycles. The van der Waals surface area contributed by atoms with E-state index in [0.29, 0.717) is 29.2 Å². The highest BCUT2D eigenvalue weighted by Gasteiger charge is 2.33. The maximum atomic E-state index is 14.6. The van der Waals surface area contributed by atoms with Gasteiger partial charge in [0.15, 0.2) is 9.54 Å². The SMILES string of the molecule is COc1ccc(C(c2c([O-])n(-c3ccc(C)cc3)c(=S)[nH]c2=O)c2c(O)n(-c3ccc(C)cc3)c(=S)[nH]c2=O)cc1C[NH+]1CCCC(C)(C)C1. The van der Waals surface area contributed by atoms with E-state index in [1.165, 1.54) is 14.0 Å². The molecule has 260 valence electrons. The molecule has 12 heteroatoms. The predicted molar refractivity (Wildman–Crippen MR) is 196 cm³/mol. The maximum Gasteiger partial charge on any atom is 0.259 e. The number of aryl methyl sites for hydroxylation is 2. The molecule has 2 unspecified atom stereocenters. The summed E-state index contributed by atoms with van der Waals surface area (Å²) in [6.45, 7) is 11.0. The van der Waals surface area contributed by atoms with Crippen LogP contribution in [0, 0.1) is 28.8 Å². The van der Waals surface area contributed by atoms with Crippen LogP contribution in [0.25, 0.3) is 11.4 Å². The number of hydrogen-bond donors (Lipinski definition) is 4. The highest BCUT2D eigenvalue weighted by Crippen LogP contribution is 2.39. The van der Waals surface area contributed by atoms with Crippen LogP contribution in [0.3, 0.4) is 0 Å². The zero-order valence-electron chi connectivity index (χ0n) is 28.8. The molecule has 1 fully saturated rings. The van der Waals surface area contributed by atoms with Gasteiger partial charge in [-0.05, 0) is 99.0 Å². The number of piperidine rings is 1. The van der Waals surface area contributed by atoms with Crippen LogP contribution in [0.4, 0.5) is 0 Å². The minimum absolute atomic E-state index is 0.0440. The van der Waals surface area contributed by atoms with E-state index in [1.807, 2.05) is 44.2 Å². The van der Waals surface area contributed by atoms with Gasteiger partial charge in [-0.15, -0.1) is 0 Å². The van der Waals surface area contributed by atoms with Gasteiger partial charge < -0.3 is 24.4 Å². The summed E-state index contributed by atoms with van der Waals surface area (Å²) in [5.74, 6) is -1.89. The molecule has 2 aromatic heterocycles. The van der Waals surface area contributed by atoms with E-state index in [2.05, 4.69) is 23.8 Å². The van der Waals surface area contributed by atoms with Crippen LogP contribution in [0.5, 0.6) is 17.5 Å². The Morgan fingerprint density at radius 1 is 0.900 bits per heavy atom. The minimum atomic E-state index is -1.33. The summed E-state index contributed by atoms with van der Waals surface area (Å²) in [5.41, 5.74) is 2.38. The number of aromatic amines is 2. The topological polar surface area (TPSA) is 133 Å². The average molecular weight is 712 g/mol. The van der Waals surface area contributed by atoms with Crippen molar-refractivity contribution in [3.05, 3.63) is 130 Å². The Balaban J connectivity index is 1.64. The molecule has 0 spiro atoms. The summed E-state index contributed by atoms with van der Waals surface area (Å²) in [5, 5.41) is 26.6. The maximum absolute atomic E-state index is 14.6. The molecule has 0 aliphatic carbocycles. The van der Waals surface area contributed by atoms with Gasteiger partial charge in [0.05, 0.1) is 37.4 Å². The fourth-order valence-corrected chi connectivity index (χ4v) is 7.70. The van der Waals surface area contributed by atoms with E-state index in [4.69, 9.17) is 29.2 Å². The first-order chi connectivity index (χ1) is 23.8. The molecular formula is C38H41N5O5S2. The Bertz CT molecular complexity index is 2180. The lowest BCUT2D eigenvalue weighted by Crippen LogP contribution is -3.13. The lowest BCUT2D eigenvalue weighted by atomic mass is 9.83. The molecule has 6 rings (SSSR count). The number of aromatic nitrogens is 4. The predicted octanol–water partition coefficient (Wildman–Crippen LogP) is 4.89. The second-order valence-electron chi connectivity index (χ2n) is 13.9. The van der Waals surface area contributed by atoms with Crippen LogP contribution in [0.2, 0.25) is 0 Å². The van der Waals surface area contributed by atoms with Crippen molar-refractivity contribution in [3.8, 4) is 28.9 Å². The molecule has 1 saturated heterocycles. The van der Waals surface area contributed by atoms with E-state index in [-0.39, 0.29) is 26.1 Å². The summed E-state index contributed by atoms with van der Waals surface area (Å²) in [6, 6.07) is 19.7. The highest BCUT2D eigenvalue weighted by molar-refractivity contribution is 7.71. The smallest absolute Gasteiger partial charge is 0.259 e. The molecule has 5 aromatic rings. The number of hydrogen-bond acceptors (Lipinski definition) is 7. The molecule has 1 aliphatic heterocycles. The largest absolute Gasteiger partial charge is 0.859 e. The van der Waals surface area contributed by atoms with Gasteiger partial charge in [-0.3, -0.25) is 24.1 Å². The van der Waals surface area contributed by atoms with Crippen molar-refractivity contribution in [2.45, 2.75) is 53.0 Å². The van der Waals surface area contributed by atoms with Crippen LogP contribution in [-0.2, 0) is 6.54 Å². The fourth-order valence-electron chi connectivity index (χ4n) is 7.13. The first kappa shape index (κ1) is 35.1. The normalized spacial score (nSPS) is 16.2. The number of quaternary nitrogens is 1. The van der Waals surface area contributed by atoms with Crippen LogP contribution in [0.15, 0.2) is 76.3 Å². The molecule has 4 N–H and O–H groups in total. The molecule has 1 aliphatic rings. The van der Waals surface area contributed by atoms with E-state index >= 15 is 0 Å². The Hall–Kier alpha value is -4.78. The number of methoxy groups -OCH3 is 1. The Labute approximate surface area is 300 Å². The summed E-state index contributed by atoms with van der Waals surface area (Å²) in [4.78, 5) is 34.7. The molecular weight excluding hydrogens is 671 g/mol. The van der Waals surface area contributed by atoms with Crippen molar-refractivity contribution < 1.29 is 19.8 Å². The number of ether oxygens (including phenoxy) is 1. The molecule has 0 amide bonds. The molecule has 3 heterocycles. The summed E-state index contributed by atoms with van der Waals surface area (Å²) < 4.78 is 8.22. The summed E-state index contributed by atoms with van der Waals surface area (Å²) in [6.07, 6.45) is 2.23. The van der Waals surface area contributed by atoms with Gasteiger partial charge in [0.2, 0.25) is 5.88 Å². The van der Waals surface area contributed by atoms with Gasteiger partial charge in [-0.1, -0.05) is 55.3 Å². The third kappa shape index (κ3) is 6.83. The summed E-state index contributed by atoms with van der Waals surface area (Å²) in [7, 11) is 1.60. The van der Waals surface area contributed by atoms with E-state index in [9.17, 15) is 19.8 Å². The van der Waals surface area contributed by atoms with E-state index in [0.717, 1.165) is 42.6 Å². The van der Waals surface area contributed by atoms with Crippen molar-refractivity contribution in [2.24, 2.45) is 5.41 Å². The first-order valence-corrected chi connectivity index (χ1v) is 17.4. The number of likely N-dealkylation sites (tertiary alicyclic amines) is 1. The van der Waals surface area contributed by atoms with E-state index in [1.54, 1.807) is 43.5 Å². The second kappa shape index (κ2) is 13.9. The number of H-pyrrole nitrogens is 2. The lowest BCUT2D eigenvalue weighted by molar-refractivity contribution is -0.925. The second-order valence-corrected chi connectivity index (χ2v) is 14.7. The van der Waals surface area contributed by atoms with Gasteiger partial charge in [-0.2, -0.15) is 0 Å². The minimum Gasteiger partial charge on any atom is -0.859 e. The van der Waals surface area contributed by atoms with Crippen molar-refractivity contribution in [1.82, 2.24) is 19.1 Å². The highest BCUT2D eigenvalue weighted by atomic mass is 32.1. The van der Waals surface area contributed by atoms with Crippen LogP contribution in [0.1, 0.15) is 66.0 Å². The fraction of sp³-hybridized carbons (Fsp3) is 0.316. The quantitative estimate of drug-likeness (QED) is 0.169. The number of aromatic hydroxyl groups is 1. The third-order valence-electron chi connectivity index (χ3n) is 9.57. The van der Waals surface area contributed by atoms with Gasteiger partial charge in [0.25, 0.3) is 11.1 Å². The van der Waals surface area contributed by atoms with Crippen molar-refractivity contribution in [1.29, 1.82) is 0 Å². The molecule has 0 saturated carbocycles.